The molecule has 3 rings (SSSR count). The van der Waals surface area contributed by atoms with Crippen molar-refractivity contribution >= 4 is 11.9 Å². The number of nitrogens with zero attached hydrogens (tertiary/aromatic N) is 2. The summed E-state index contributed by atoms with van der Waals surface area (Å²) in [6.07, 6.45) is 3.95. The van der Waals surface area contributed by atoms with Gasteiger partial charge in [-0.15, -0.1) is 0 Å². The van der Waals surface area contributed by atoms with Crippen molar-refractivity contribution in [2.24, 2.45) is 0 Å². The molecular formula is C19H20N2O4. The maximum atomic E-state index is 12.8. The van der Waals surface area contributed by atoms with Crippen LogP contribution in [-0.2, 0) is 6.42 Å². The highest BCUT2D eigenvalue weighted by atomic mass is 16.5. The molecule has 2 heterocycles. The molecule has 1 N–H and O–H groups in total. The smallest absolute Gasteiger partial charge is 0.335 e. The summed E-state index contributed by atoms with van der Waals surface area (Å²) in [5.41, 5.74) is 1.36. The monoisotopic (exact) mass is 340 g/mol. The summed E-state index contributed by atoms with van der Waals surface area (Å²) in [6.45, 7) is 0.659. The molecule has 1 fully saturated rings. The number of carboxylic acids is 1. The van der Waals surface area contributed by atoms with Crippen molar-refractivity contribution in [1.82, 2.24) is 9.88 Å². The van der Waals surface area contributed by atoms with E-state index < -0.39 is 5.97 Å². The number of carbonyl (C=O) groups excluding carboxylic acids is 1. The molecule has 0 bridgehead atoms. The van der Waals surface area contributed by atoms with Crippen LogP contribution in [0.15, 0.2) is 42.6 Å². The van der Waals surface area contributed by atoms with Gasteiger partial charge in [0.1, 0.15) is 11.4 Å². The number of pyridine rings is 1. The average Bonchev–Trinajstić information content (AvgIpc) is 3.09. The Hall–Kier alpha value is -2.89. The summed E-state index contributed by atoms with van der Waals surface area (Å²) in [6, 6.07) is 10.6. The lowest BCUT2D eigenvalue weighted by Gasteiger charge is -2.24. The van der Waals surface area contributed by atoms with Gasteiger partial charge in [0.2, 0.25) is 0 Å². The SMILES string of the molecule is COc1cccc(CC2CCCN2C(=O)c2cc(C(=O)O)ccn2)c1. The Morgan fingerprint density at radius 2 is 2.16 bits per heavy atom. The highest BCUT2D eigenvalue weighted by Gasteiger charge is 2.30. The summed E-state index contributed by atoms with van der Waals surface area (Å²) in [7, 11) is 1.63. The lowest BCUT2D eigenvalue weighted by atomic mass is 10.0. The molecule has 0 spiro atoms. The topological polar surface area (TPSA) is 79.7 Å². The predicted octanol–water partition coefficient (Wildman–Crippen LogP) is 2.64. The molecule has 1 aromatic carbocycles. The zero-order valence-electron chi connectivity index (χ0n) is 14.0. The van der Waals surface area contributed by atoms with Crippen LogP contribution >= 0.6 is 0 Å². The van der Waals surface area contributed by atoms with Crippen LogP contribution < -0.4 is 4.74 Å². The third-order valence-electron chi connectivity index (χ3n) is 4.47. The molecule has 1 unspecified atom stereocenters. The Kier molecular flexibility index (Phi) is 4.97. The van der Waals surface area contributed by atoms with Crippen LogP contribution in [0.2, 0.25) is 0 Å². The van der Waals surface area contributed by atoms with E-state index in [1.165, 1.54) is 18.3 Å². The van der Waals surface area contributed by atoms with Crippen LogP contribution in [0.4, 0.5) is 0 Å². The predicted molar refractivity (Wildman–Crippen MR) is 92.0 cm³/mol. The minimum Gasteiger partial charge on any atom is -0.497 e. The van der Waals surface area contributed by atoms with Crippen LogP contribution in [0.1, 0.15) is 39.3 Å². The molecule has 1 amide bonds. The van der Waals surface area contributed by atoms with Crippen LogP contribution in [0.5, 0.6) is 5.75 Å². The quantitative estimate of drug-likeness (QED) is 0.905. The van der Waals surface area contributed by atoms with Crippen LogP contribution in [0, 0.1) is 0 Å². The molecule has 0 radical (unpaired) electrons. The van der Waals surface area contributed by atoms with E-state index in [9.17, 15) is 9.59 Å². The minimum absolute atomic E-state index is 0.0712. The maximum absolute atomic E-state index is 12.8. The number of benzene rings is 1. The number of amides is 1. The molecule has 130 valence electrons. The Labute approximate surface area is 146 Å². The Balaban J connectivity index is 1.77. The van der Waals surface area contributed by atoms with Gasteiger partial charge in [0.05, 0.1) is 12.7 Å². The summed E-state index contributed by atoms with van der Waals surface area (Å²) in [5, 5.41) is 9.09. The second-order valence-corrected chi connectivity index (χ2v) is 6.09. The molecule has 1 saturated heterocycles. The largest absolute Gasteiger partial charge is 0.497 e. The molecule has 1 aromatic heterocycles. The first-order valence-electron chi connectivity index (χ1n) is 8.21. The number of carbonyl (C=O) groups is 2. The van der Waals surface area contributed by atoms with E-state index in [0.717, 1.165) is 30.6 Å². The normalized spacial score (nSPS) is 16.7. The Morgan fingerprint density at radius 3 is 2.92 bits per heavy atom. The molecule has 1 aliphatic rings. The van der Waals surface area contributed by atoms with E-state index in [1.54, 1.807) is 12.0 Å². The second-order valence-electron chi connectivity index (χ2n) is 6.09. The zero-order chi connectivity index (χ0) is 17.8. The van der Waals surface area contributed by atoms with Crippen molar-refractivity contribution in [2.45, 2.75) is 25.3 Å². The standard InChI is InChI=1S/C19H20N2O4/c1-25-16-6-2-4-13(11-16)10-15-5-3-9-21(15)18(22)17-12-14(19(23)24)7-8-20-17/h2,4,6-8,11-12,15H,3,5,9-10H2,1H3,(H,23,24). The van der Waals surface area contributed by atoms with Crippen LogP contribution in [0.3, 0.4) is 0 Å². The number of aromatic carboxylic acids is 1. The molecule has 0 saturated carbocycles. The molecule has 1 atom stereocenters. The molecule has 2 aromatic rings. The second kappa shape index (κ2) is 7.34. The summed E-state index contributed by atoms with van der Waals surface area (Å²) < 4.78 is 5.25. The lowest BCUT2D eigenvalue weighted by Crippen LogP contribution is -2.37. The first kappa shape index (κ1) is 17.0. The average molecular weight is 340 g/mol. The fourth-order valence-electron chi connectivity index (χ4n) is 3.21. The van der Waals surface area contributed by atoms with Gasteiger partial charge in [-0.1, -0.05) is 12.1 Å². The molecule has 6 nitrogen and oxygen atoms in total. The molecule has 6 heteroatoms. The Bertz CT molecular complexity index is 790. The minimum atomic E-state index is -1.06. The van der Waals surface area contributed by atoms with Crippen LogP contribution in [-0.4, -0.2) is 46.6 Å². The molecule has 1 aliphatic heterocycles. The van der Waals surface area contributed by atoms with E-state index in [0.29, 0.717) is 6.54 Å². The highest BCUT2D eigenvalue weighted by Crippen LogP contribution is 2.24. The van der Waals surface area contributed by atoms with Gasteiger partial charge in [0, 0.05) is 18.8 Å². The van der Waals surface area contributed by atoms with Crippen LogP contribution in [0.25, 0.3) is 0 Å². The van der Waals surface area contributed by atoms with Crippen molar-refractivity contribution < 1.29 is 19.4 Å². The van der Waals surface area contributed by atoms with E-state index in [2.05, 4.69) is 4.98 Å². The van der Waals surface area contributed by atoms with Gasteiger partial charge in [-0.3, -0.25) is 9.78 Å². The van der Waals surface area contributed by atoms with Gasteiger partial charge in [-0.25, -0.2) is 4.79 Å². The maximum Gasteiger partial charge on any atom is 0.335 e. The van der Waals surface area contributed by atoms with Gasteiger partial charge in [0.25, 0.3) is 5.91 Å². The summed E-state index contributed by atoms with van der Waals surface area (Å²) >= 11 is 0. The number of ether oxygens (including phenoxy) is 1. The van der Waals surface area contributed by atoms with E-state index >= 15 is 0 Å². The van der Waals surface area contributed by atoms with Gasteiger partial charge in [0.15, 0.2) is 0 Å². The summed E-state index contributed by atoms with van der Waals surface area (Å²) in [4.78, 5) is 29.7. The number of rotatable bonds is 5. The number of carboxylic acid groups (broad SMARTS) is 1. The van der Waals surface area contributed by atoms with Gasteiger partial charge in [-0.05, 0) is 49.1 Å². The number of hydrogen-bond donors (Lipinski definition) is 1. The number of likely N-dealkylation sites (tertiary alicyclic amines) is 1. The first-order chi connectivity index (χ1) is 12.1. The fourth-order valence-corrected chi connectivity index (χ4v) is 3.21. The number of aromatic nitrogens is 1. The highest BCUT2D eigenvalue weighted by molar-refractivity contribution is 5.96. The van der Waals surface area contributed by atoms with Crippen molar-refractivity contribution in [3.8, 4) is 5.75 Å². The number of methoxy groups -OCH3 is 1. The van der Waals surface area contributed by atoms with Crippen molar-refractivity contribution in [3.05, 3.63) is 59.4 Å². The molecule has 25 heavy (non-hydrogen) atoms. The third kappa shape index (κ3) is 3.79. The number of hydrogen-bond acceptors (Lipinski definition) is 4. The molecule has 0 aliphatic carbocycles. The van der Waals surface area contributed by atoms with E-state index in [1.807, 2.05) is 24.3 Å². The zero-order valence-corrected chi connectivity index (χ0v) is 14.0. The van der Waals surface area contributed by atoms with Gasteiger partial charge in [-0.2, -0.15) is 0 Å². The van der Waals surface area contributed by atoms with Crippen molar-refractivity contribution in [2.75, 3.05) is 13.7 Å². The first-order valence-corrected chi connectivity index (χ1v) is 8.21. The van der Waals surface area contributed by atoms with Gasteiger partial charge < -0.3 is 14.7 Å². The van der Waals surface area contributed by atoms with E-state index in [4.69, 9.17) is 9.84 Å². The van der Waals surface area contributed by atoms with Crippen molar-refractivity contribution in [3.63, 3.8) is 0 Å². The fraction of sp³-hybridized carbons (Fsp3) is 0.316. The lowest BCUT2D eigenvalue weighted by molar-refractivity contribution is 0.0696. The Morgan fingerprint density at radius 1 is 1.32 bits per heavy atom. The van der Waals surface area contributed by atoms with E-state index in [-0.39, 0.29) is 23.2 Å². The third-order valence-corrected chi connectivity index (χ3v) is 4.47. The van der Waals surface area contributed by atoms with Gasteiger partial charge >= 0.3 is 5.97 Å². The van der Waals surface area contributed by atoms with Crippen molar-refractivity contribution in [1.29, 1.82) is 0 Å². The summed E-state index contributed by atoms with van der Waals surface area (Å²) in [5.74, 6) is -0.483. The molecular weight excluding hydrogens is 320 g/mol.